The molecular formula is C22H18F2N2O2. The summed E-state index contributed by atoms with van der Waals surface area (Å²) in [6.45, 7) is 0.744. The number of fused-ring (bicyclic) bond motifs is 1. The minimum absolute atomic E-state index is 0.181. The predicted molar refractivity (Wildman–Crippen MR) is 101 cm³/mol. The van der Waals surface area contributed by atoms with Crippen LogP contribution in [0.25, 0.3) is 10.8 Å². The summed E-state index contributed by atoms with van der Waals surface area (Å²) in [4.78, 5) is 31.4. The molecule has 0 bridgehead atoms. The highest BCUT2D eigenvalue weighted by atomic mass is 19.1. The number of likely N-dealkylation sites (tertiary alicyclic amines) is 1. The van der Waals surface area contributed by atoms with E-state index in [4.69, 9.17) is 0 Å². The van der Waals surface area contributed by atoms with Crippen LogP contribution >= 0.6 is 0 Å². The molecule has 2 aromatic carbocycles. The van der Waals surface area contributed by atoms with Gasteiger partial charge in [-0.3, -0.25) is 14.6 Å². The first-order valence-corrected chi connectivity index (χ1v) is 9.17. The average molecular weight is 380 g/mol. The van der Waals surface area contributed by atoms with E-state index >= 15 is 0 Å². The molecule has 28 heavy (non-hydrogen) atoms. The Hall–Kier alpha value is -3.15. The summed E-state index contributed by atoms with van der Waals surface area (Å²) >= 11 is 0. The lowest BCUT2D eigenvalue weighted by molar-refractivity contribution is 0.0646. The van der Waals surface area contributed by atoms with E-state index in [1.807, 2.05) is 30.3 Å². The maximum absolute atomic E-state index is 13.9. The summed E-state index contributed by atoms with van der Waals surface area (Å²) < 4.78 is 27.3. The molecule has 0 radical (unpaired) electrons. The summed E-state index contributed by atoms with van der Waals surface area (Å²) in [5.74, 6) is -2.38. The number of pyridine rings is 1. The van der Waals surface area contributed by atoms with Crippen molar-refractivity contribution in [3.8, 4) is 0 Å². The van der Waals surface area contributed by atoms with E-state index in [-0.39, 0.29) is 11.5 Å². The van der Waals surface area contributed by atoms with Crippen molar-refractivity contribution in [1.82, 2.24) is 9.88 Å². The lowest BCUT2D eigenvalue weighted by Crippen LogP contribution is -2.40. The highest BCUT2D eigenvalue weighted by Crippen LogP contribution is 2.26. The lowest BCUT2D eigenvalue weighted by Gasteiger charge is -2.31. The first kappa shape index (κ1) is 18.2. The number of amides is 1. The molecule has 6 heteroatoms. The number of nitrogens with zero attached hydrogens (tertiary/aromatic N) is 2. The van der Waals surface area contributed by atoms with E-state index in [0.717, 1.165) is 29.0 Å². The van der Waals surface area contributed by atoms with Gasteiger partial charge in [0.25, 0.3) is 5.91 Å². The molecule has 0 saturated carbocycles. The number of benzene rings is 2. The van der Waals surface area contributed by atoms with E-state index < -0.39 is 23.3 Å². The minimum Gasteiger partial charge on any atom is -0.337 e. The Kier molecular flexibility index (Phi) is 4.86. The van der Waals surface area contributed by atoms with Crippen molar-refractivity contribution in [3.63, 3.8) is 0 Å². The monoisotopic (exact) mass is 380 g/mol. The van der Waals surface area contributed by atoms with Crippen molar-refractivity contribution in [3.05, 3.63) is 77.6 Å². The summed E-state index contributed by atoms with van der Waals surface area (Å²) in [6, 6.07) is 12.3. The Labute approximate surface area is 160 Å². The minimum atomic E-state index is -0.718. The van der Waals surface area contributed by atoms with Crippen molar-refractivity contribution < 1.29 is 18.4 Å². The first-order chi connectivity index (χ1) is 13.5. The van der Waals surface area contributed by atoms with Crippen molar-refractivity contribution in [2.75, 3.05) is 13.1 Å². The number of ketones is 1. The van der Waals surface area contributed by atoms with Crippen LogP contribution < -0.4 is 0 Å². The van der Waals surface area contributed by atoms with Crippen molar-refractivity contribution in [1.29, 1.82) is 0 Å². The fourth-order valence-electron chi connectivity index (χ4n) is 3.69. The molecular weight excluding hydrogens is 362 g/mol. The van der Waals surface area contributed by atoms with Gasteiger partial charge < -0.3 is 4.90 Å². The molecule has 1 aromatic heterocycles. The lowest BCUT2D eigenvalue weighted by atomic mass is 9.88. The molecule has 4 rings (SSSR count). The number of halogens is 2. The molecule has 0 N–H and O–H groups in total. The molecule has 0 atom stereocenters. The number of rotatable bonds is 3. The molecule has 0 aliphatic carbocycles. The number of piperidine rings is 1. The largest absolute Gasteiger partial charge is 0.337 e. The van der Waals surface area contributed by atoms with Crippen molar-refractivity contribution in [2.24, 2.45) is 5.92 Å². The van der Waals surface area contributed by atoms with Gasteiger partial charge >= 0.3 is 0 Å². The predicted octanol–water partition coefficient (Wildman–Crippen LogP) is 4.25. The Balaban J connectivity index is 1.49. The summed E-state index contributed by atoms with van der Waals surface area (Å²) in [6.07, 6.45) is 2.43. The van der Waals surface area contributed by atoms with Gasteiger partial charge in [0.1, 0.15) is 17.3 Å². The van der Waals surface area contributed by atoms with Gasteiger partial charge in [-0.25, -0.2) is 8.78 Å². The number of Topliss-reactive ketones (excluding diaryl/α,β-unsaturated/α-hetero) is 1. The molecule has 1 saturated heterocycles. The van der Waals surface area contributed by atoms with Gasteiger partial charge in [0.05, 0.1) is 5.56 Å². The summed E-state index contributed by atoms with van der Waals surface area (Å²) in [5, 5.41) is 1.72. The third-order valence-corrected chi connectivity index (χ3v) is 5.22. The SMILES string of the molecule is O=C(c1cc(F)ccc1F)C1CCN(C(=O)c2nccc3ccccc23)CC1. The fourth-order valence-corrected chi connectivity index (χ4v) is 3.69. The van der Waals surface area contributed by atoms with Crippen LogP contribution in [0, 0.1) is 17.6 Å². The Morgan fingerprint density at radius 3 is 2.54 bits per heavy atom. The second-order valence-electron chi connectivity index (χ2n) is 6.94. The fraction of sp³-hybridized carbons (Fsp3) is 0.227. The molecule has 142 valence electrons. The molecule has 1 aliphatic heterocycles. The van der Waals surface area contributed by atoms with Gasteiger partial charge in [-0.05, 0) is 42.5 Å². The Morgan fingerprint density at radius 1 is 1.00 bits per heavy atom. The third-order valence-electron chi connectivity index (χ3n) is 5.22. The Morgan fingerprint density at radius 2 is 1.75 bits per heavy atom. The second-order valence-corrected chi connectivity index (χ2v) is 6.94. The van der Waals surface area contributed by atoms with Gasteiger partial charge in [-0.1, -0.05) is 24.3 Å². The molecule has 3 aromatic rings. The molecule has 1 fully saturated rings. The number of carbonyl (C=O) groups excluding carboxylic acids is 2. The molecule has 0 unspecified atom stereocenters. The van der Waals surface area contributed by atoms with Crippen LogP contribution in [0.3, 0.4) is 0 Å². The van der Waals surface area contributed by atoms with Crippen molar-refractivity contribution in [2.45, 2.75) is 12.8 Å². The van der Waals surface area contributed by atoms with Crippen LogP contribution in [-0.4, -0.2) is 34.7 Å². The average Bonchev–Trinajstić information content (AvgIpc) is 2.74. The molecule has 2 heterocycles. The van der Waals surface area contributed by atoms with Gasteiger partial charge in [0, 0.05) is 30.6 Å². The zero-order chi connectivity index (χ0) is 19.7. The quantitative estimate of drug-likeness (QED) is 0.639. The molecule has 0 spiro atoms. The third kappa shape index (κ3) is 3.38. The van der Waals surface area contributed by atoms with Gasteiger partial charge in [-0.2, -0.15) is 0 Å². The number of hydrogen-bond acceptors (Lipinski definition) is 3. The molecule has 4 nitrogen and oxygen atoms in total. The molecule has 1 aliphatic rings. The highest BCUT2D eigenvalue weighted by Gasteiger charge is 2.30. The zero-order valence-electron chi connectivity index (χ0n) is 15.1. The van der Waals surface area contributed by atoms with E-state index in [1.165, 1.54) is 0 Å². The van der Waals surface area contributed by atoms with Crippen LogP contribution in [0.15, 0.2) is 54.7 Å². The van der Waals surface area contributed by atoms with E-state index in [9.17, 15) is 18.4 Å². The van der Waals surface area contributed by atoms with Crippen LogP contribution in [0.4, 0.5) is 8.78 Å². The smallest absolute Gasteiger partial charge is 0.273 e. The van der Waals surface area contributed by atoms with Crippen LogP contribution in [-0.2, 0) is 0 Å². The first-order valence-electron chi connectivity index (χ1n) is 9.17. The highest BCUT2D eigenvalue weighted by molar-refractivity contribution is 6.05. The Bertz CT molecular complexity index is 1050. The van der Waals surface area contributed by atoms with Crippen LogP contribution in [0.2, 0.25) is 0 Å². The summed E-state index contributed by atoms with van der Waals surface area (Å²) in [7, 11) is 0. The van der Waals surface area contributed by atoms with Crippen molar-refractivity contribution >= 4 is 22.5 Å². The van der Waals surface area contributed by atoms with Crippen LogP contribution in [0.1, 0.15) is 33.7 Å². The second kappa shape index (κ2) is 7.46. The topological polar surface area (TPSA) is 50.3 Å². The van der Waals surface area contributed by atoms with Gasteiger partial charge in [0.2, 0.25) is 0 Å². The number of aromatic nitrogens is 1. The van der Waals surface area contributed by atoms with Gasteiger partial charge in [-0.15, -0.1) is 0 Å². The van der Waals surface area contributed by atoms with Crippen LogP contribution in [0.5, 0.6) is 0 Å². The van der Waals surface area contributed by atoms with E-state index in [2.05, 4.69) is 4.98 Å². The van der Waals surface area contributed by atoms with E-state index in [0.29, 0.717) is 31.6 Å². The number of hydrogen-bond donors (Lipinski definition) is 0. The number of carbonyl (C=O) groups is 2. The maximum atomic E-state index is 13.9. The normalized spacial score (nSPS) is 15.0. The maximum Gasteiger partial charge on any atom is 0.273 e. The van der Waals surface area contributed by atoms with E-state index in [1.54, 1.807) is 11.1 Å². The summed E-state index contributed by atoms with van der Waals surface area (Å²) in [5.41, 5.74) is 0.166. The zero-order valence-corrected chi connectivity index (χ0v) is 15.1. The molecule has 1 amide bonds. The van der Waals surface area contributed by atoms with Gasteiger partial charge in [0.15, 0.2) is 5.78 Å². The standard InChI is InChI=1S/C22H18F2N2O2/c23-16-5-6-19(24)18(13-16)21(27)15-8-11-26(12-9-15)22(28)20-17-4-2-1-3-14(17)7-10-25-20/h1-7,10,13,15H,8-9,11-12H2.